The second-order valence-electron chi connectivity index (χ2n) is 7.05. The summed E-state index contributed by atoms with van der Waals surface area (Å²) in [6, 6.07) is 20.8. The van der Waals surface area contributed by atoms with Gasteiger partial charge in [-0.25, -0.2) is 4.39 Å². The summed E-state index contributed by atoms with van der Waals surface area (Å²) in [4.78, 5) is 26.3. The van der Waals surface area contributed by atoms with Crippen molar-refractivity contribution in [1.82, 2.24) is 4.90 Å². The maximum atomic E-state index is 14.1. The standard InChI is InChI=1S/C25H19ClFNO4S/c26-21-7-4-8-22(27)20(21)16-28-24(29)23(33-25(28)30)15-17-9-11-19(12-10-17)32-14-13-31-18-5-2-1-3-6-18/h1-12,15H,13-14,16H2/b23-15-. The number of imide groups is 1. The molecule has 3 aromatic carbocycles. The Morgan fingerprint density at radius 3 is 2.21 bits per heavy atom. The van der Waals surface area contributed by atoms with Gasteiger partial charge in [-0.15, -0.1) is 0 Å². The van der Waals surface area contributed by atoms with Gasteiger partial charge in [0.05, 0.1) is 11.4 Å². The second kappa shape index (κ2) is 10.6. The Morgan fingerprint density at radius 2 is 1.55 bits per heavy atom. The van der Waals surface area contributed by atoms with Gasteiger partial charge in [0, 0.05) is 10.6 Å². The predicted octanol–water partition coefficient (Wildman–Crippen LogP) is 6.17. The minimum atomic E-state index is -0.560. The summed E-state index contributed by atoms with van der Waals surface area (Å²) >= 11 is 6.84. The van der Waals surface area contributed by atoms with Crippen LogP contribution in [0.25, 0.3) is 6.08 Å². The molecule has 0 saturated carbocycles. The van der Waals surface area contributed by atoms with Crippen LogP contribution in [0.2, 0.25) is 5.02 Å². The maximum Gasteiger partial charge on any atom is 0.293 e. The molecular formula is C25H19ClFNO4S. The normalized spacial score (nSPS) is 14.7. The number of nitrogens with zero attached hydrogens (tertiary/aromatic N) is 1. The van der Waals surface area contributed by atoms with Crippen molar-refractivity contribution in [3.05, 3.63) is 99.7 Å². The van der Waals surface area contributed by atoms with Crippen LogP contribution in [0, 0.1) is 5.82 Å². The quantitative estimate of drug-likeness (QED) is 0.283. The molecule has 168 valence electrons. The largest absolute Gasteiger partial charge is 0.490 e. The van der Waals surface area contributed by atoms with Gasteiger partial charge in [-0.2, -0.15) is 0 Å². The van der Waals surface area contributed by atoms with E-state index in [1.54, 1.807) is 30.3 Å². The van der Waals surface area contributed by atoms with Crippen LogP contribution in [0.1, 0.15) is 11.1 Å². The van der Waals surface area contributed by atoms with Crippen molar-refractivity contribution in [3.63, 3.8) is 0 Å². The van der Waals surface area contributed by atoms with Gasteiger partial charge >= 0.3 is 0 Å². The molecule has 0 radical (unpaired) electrons. The number of hydrogen-bond acceptors (Lipinski definition) is 5. The number of thioether (sulfide) groups is 1. The molecule has 1 heterocycles. The average molecular weight is 484 g/mol. The maximum absolute atomic E-state index is 14.1. The molecule has 33 heavy (non-hydrogen) atoms. The average Bonchev–Trinajstić information content (AvgIpc) is 3.08. The highest BCUT2D eigenvalue weighted by Gasteiger charge is 2.35. The Bertz CT molecular complexity index is 1160. The molecule has 4 rings (SSSR count). The molecule has 0 spiro atoms. The van der Waals surface area contributed by atoms with E-state index in [-0.39, 0.29) is 22.0 Å². The summed E-state index contributed by atoms with van der Waals surface area (Å²) in [7, 11) is 0. The highest BCUT2D eigenvalue weighted by atomic mass is 35.5. The third-order valence-corrected chi connectivity index (χ3v) is 6.05. The van der Waals surface area contributed by atoms with E-state index in [9.17, 15) is 14.0 Å². The van der Waals surface area contributed by atoms with Crippen molar-refractivity contribution in [2.75, 3.05) is 13.2 Å². The zero-order valence-electron chi connectivity index (χ0n) is 17.4. The van der Waals surface area contributed by atoms with Crippen molar-refractivity contribution >= 4 is 40.6 Å². The molecule has 2 amide bonds. The highest BCUT2D eigenvalue weighted by Crippen LogP contribution is 2.34. The smallest absolute Gasteiger partial charge is 0.293 e. The number of hydrogen-bond donors (Lipinski definition) is 0. The number of carbonyl (C=O) groups excluding carboxylic acids is 2. The van der Waals surface area contributed by atoms with E-state index in [0.29, 0.717) is 19.0 Å². The van der Waals surface area contributed by atoms with Crippen LogP contribution in [0.15, 0.2) is 77.7 Å². The van der Waals surface area contributed by atoms with Gasteiger partial charge in [-0.1, -0.05) is 48.0 Å². The minimum Gasteiger partial charge on any atom is -0.490 e. The first-order valence-electron chi connectivity index (χ1n) is 10.1. The Balaban J connectivity index is 1.34. The van der Waals surface area contributed by atoms with Gasteiger partial charge in [0.15, 0.2) is 0 Å². The molecule has 0 N–H and O–H groups in total. The van der Waals surface area contributed by atoms with Crippen LogP contribution in [-0.2, 0) is 11.3 Å². The summed E-state index contributed by atoms with van der Waals surface area (Å²) < 4.78 is 25.3. The van der Waals surface area contributed by atoms with E-state index in [2.05, 4.69) is 0 Å². The lowest BCUT2D eigenvalue weighted by Gasteiger charge is -2.14. The fraction of sp³-hybridized carbons (Fsp3) is 0.120. The minimum absolute atomic E-state index is 0.112. The summed E-state index contributed by atoms with van der Waals surface area (Å²) in [6.45, 7) is 0.571. The molecule has 0 bridgehead atoms. The van der Waals surface area contributed by atoms with Crippen molar-refractivity contribution in [2.24, 2.45) is 0 Å². The van der Waals surface area contributed by atoms with Crippen molar-refractivity contribution in [1.29, 1.82) is 0 Å². The third-order valence-electron chi connectivity index (χ3n) is 4.79. The molecular weight excluding hydrogens is 465 g/mol. The molecule has 8 heteroatoms. The summed E-state index contributed by atoms with van der Waals surface area (Å²) in [5, 5.41) is -0.299. The first-order valence-corrected chi connectivity index (χ1v) is 11.3. The molecule has 5 nitrogen and oxygen atoms in total. The van der Waals surface area contributed by atoms with Crippen LogP contribution >= 0.6 is 23.4 Å². The molecule has 1 aliphatic heterocycles. The van der Waals surface area contributed by atoms with E-state index in [4.69, 9.17) is 21.1 Å². The van der Waals surface area contributed by atoms with E-state index in [1.807, 2.05) is 30.3 Å². The van der Waals surface area contributed by atoms with Crippen molar-refractivity contribution in [2.45, 2.75) is 6.54 Å². The van der Waals surface area contributed by atoms with E-state index in [0.717, 1.165) is 28.0 Å². The summed E-state index contributed by atoms with van der Waals surface area (Å²) in [5.74, 6) is 0.395. The fourth-order valence-corrected chi connectivity index (χ4v) is 4.19. The van der Waals surface area contributed by atoms with Gasteiger partial charge in [0.2, 0.25) is 0 Å². The van der Waals surface area contributed by atoms with Gasteiger partial charge in [-0.3, -0.25) is 14.5 Å². The zero-order valence-corrected chi connectivity index (χ0v) is 18.9. The molecule has 0 atom stereocenters. The summed E-state index contributed by atoms with van der Waals surface area (Å²) in [5.41, 5.74) is 0.845. The van der Waals surface area contributed by atoms with Gasteiger partial charge in [0.25, 0.3) is 11.1 Å². The van der Waals surface area contributed by atoms with Crippen LogP contribution in [-0.4, -0.2) is 29.3 Å². The predicted molar refractivity (Wildman–Crippen MR) is 127 cm³/mol. The molecule has 1 fully saturated rings. The SMILES string of the molecule is O=C1S/C(=C\c2ccc(OCCOc3ccccc3)cc2)C(=O)N1Cc1c(F)cccc1Cl. The first-order chi connectivity index (χ1) is 16.0. The Morgan fingerprint density at radius 1 is 0.879 bits per heavy atom. The number of carbonyl (C=O) groups is 2. The van der Waals surface area contributed by atoms with Crippen LogP contribution in [0.3, 0.4) is 0 Å². The van der Waals surface area contributed by atoms with Gasteiger partial charge in [-0.05, 0) is 59.8 Å². The second-order valence-corrected chi connectivity index (χ2v) is 8.45. The number of ether oxygens (including phenoxy) is 2. The van der Waals surface area contributed by atoms with Gasteiger partial charge < -0.3 is 9.47 Å². The fourth-order valence-electron chi connectivity index (χ4n) is 3.13. The van der Waals surface area contributed by atoms with Crippen molar-refractivity contribution in [3.8, 4) is 11.5 Å². The van der Waals surface area contributed by atoms with E-state index in [1.165, 1.54) is 18.2 Å². The lowest BCUT2D eigenvalue weighted by atomic mass is 10.2. The molecule has 0 aliphatic carbocycles. The number of para-hydroxylation sites is 1. The number of amides is 2. The molecule has 3 aromatic rings. The van der Waals surface area contributed by atoms with Crippen LogP contribution < -0.4 is 9.47 Å². The topological polar surface area (TPSA) is 55.8 Å². The molecule has 1 aliphatic rings. The summed E-state index contributed by atoms with van der Waals surface area (Å²) in [6.07, 6.45) is 1.62. The van der Waals surface area contributed by atoms with E-state index < -0.39 is 17.0 Å². The number of benzene rings is 3. The Kier molecular flexibility index (Phi) is 7.32. The van der Waals surface area contributed by atoms with Gasteiger partial charge in [0.1, 0.15) is 30.5 Å². The van der Waals surface area contributed by atoms with Crippen LogP contribution in [0.4, 0.5) is 9.18 Å². The third kappa shape index (κ3) is 5.74. The first kappa shape index (κ1) is 22.9. The lowest BCUT2D eigenvalue weighted by molar-refractivity contribution is -0.123. The molecule has 0 aromatic heterocycles. The Labute approximate surface area is 199 Å². The molecule has 1 saturated heterocycles. The number of halogens is 2. The van der Waals surface area contributed by atoms with E-state index >= 15 is 0 Å². The lowest BCUT2D eigenvalue weighted by Crippen LogP contribution is -2.28. The molecule has 0 unspecified atom stereocenters. The zero-order chi connectivity index (χ0) is 23.2. The monoisotopic (exact) mass is 483 g/mol. The van der Waals surface area contributed by atoms with Crippen LogP contribution in [0.5, 0.6) is 11.5 Å². The highest BCUT2D eigenvalue weighted by molar-refractivity contribution is 8.18. The number of rotatable bonds is 8. The van der Waals surface area contributed by atoms with Crippen molar-refractivity contribution < 1.29 is 23.5 Å². The Hall–Kier alpha value is -3.29.